The average Bonchev–Trinajstić information content (AvgIpc) is 2.98. The molecule has 6 heteroatoms. The molecule has 0 aliphatic heterocycles. The first-order chi connectivity index (χ1) is 7.81. The molecule has 16 heavy (non-hydrogen) atoms. The summed E-state index contributed by atoms with van der Waals surface area (Å²) in [4.78, 5) is 16.1. The van der Waals surface area contributed by atoms with Gasteiger partial charge in [-0.2, -0.15) is 0 Å². The fourth-order valence-corrected chi connectivity index (χ4v) is 2.69. The van der Waals surface area contributed by atoms with E-state index in [-0.39, 0.29) is 0 Å². The second kappa shape index (κ2) is 4.18. The molecule has 0 atom stereocenters. The van der Waals surface area contributed by atoms with Crippen LogP contribution in [0.4, 0.5) is 0 Å². The molecule has 1 N–H and O–H groups in total. The lowest BCUT2D eigenvalue weighted by Crippen LogP contribution is -1.94. The number of nitrogens with one attached hydrogen (secondary N) is 1. The van der Waals surface area contributed by atoms with Gasteiger partial charge in [-0.3, -0.25) is 0 Å². The van der Waals surface area contributed by atoms with Crippen LogP contribution in [-0.2, 0) is 0 Å². The maximum Gasteiger partial charge on any atom is 0.171 e. The van der Waals surface area contributed by atoms with Gasteiger partial charge in [-0.1, -0.05) is 0 Å². The van der Waals surface area contributed by atoms with Crippen molar-refractivity contribution in [1.82, 2.24) is 19.9 Å². The number of aromatic nitrogens is 4. The van der Waals surface area contributed by atoms with Crippen LogP contribution in [0, 0.1) is 0 Å². The lowest BCUT2D eigenvalue weighted by atomic mass is 10.4. The number of rotatable bonds is 3. The Kier molecular flexibility index (Phi) is 2.69. The van der Waals surface area contributed by atoms with E-state index < -0.39 is 0 Å². The molecule has 0 saturated heterocycles. The molecule has 0 spiro atoms. The zero-order valence-electron chi connectivity index (χ0n) is 8.35. The van der Waals surface area contributed by atoms with Crippen LogP contribution >= 0.6 is 27.7 Å². The number of aromatic amines is 1. The molecule has 2 aromatic heterocycles. The minimum atomic E-state index is 0.563. The molecule has 3 rings (SSSR count). The number of hydrogen-bond acceptors (Lipinski definition) is 4. The average molecular weight is 297 g/mol. The minimum Gasteiger partial charge on any atom is -0.339 e. The first-order valence-electron chi connectivity index (χ1n) is 5.03. The van der Waals surface area contributed by atoms with E-state index in [0.29, 0.717) is 5.92 Å². The lowest BCUT2D eigenvalue weighted by molar-refractivity contribution is 0.864. The van der Waals surface area contributed by atoms with Gasteiger partial charge in [-0.15, -0.1) is 0 Å². The van der Waals surface area contributed by atoms with Crippen LogP contribution in [0.25, 0.3) is 0 Å². The summed E-state index contributed by atoms with van der Waals surface area (Å²) >= 11 is 4.94. The summed E-state index contributed by atoms with van der Waals surface area (Å²) in [6, 6.07) is 1.92. The standard InChI is InChI=1S/C10H9BrN4S/c11-7-5-8(16-10-12-3-4-13-10)15-9(14-7)6-1-2-6/h3-6H,1-2H2,(H,12,13). The van der Waals surface area contributed by atoms with Crippen molar-refractivity contribution in [1.29, 1.82) is 0 Å². The van der Waals surface area contributed by atoms with Gasteiger partial charge in [0.2, 0.25) is 0 Å². The second-order valence-corrected chi connectivity index (χ2v) is 5.48. The number of halogens is 1. The van der Waals surface area contributed by atoms with E-state index in [1.54, 1.807) is 12.4 Å². The molecule has 0 bridgehead atoms. The van der Waals surface area contributed by atoms with Crippen LogP contribution in [0.1, 0.15) is 24.6 Å². The third-order valence-electron chi connectivity index (χ3n) is 2.31. The SMILES string of the molecule is Brc1cc(Sc2ncc[nH]2)nc(C2CC2)n1. The smallest absolute Gasteiger partial charge is 0.171 e. The Morgan fingerprint density at radius 1 is 1.38 bits per heavy atom. The maximum atomic E-state index is 4.53. The summed E-state index contributed by atoms with van der Waals surface area (Å²) < 4.78 is 0.846. The fourth-order valence-electron chi connectivity index (χ4n) is 1.40. The third kappa shape index (κ3) is 2.27. The highest BCUT2D eigenvalue weighted by Gasteiger charge is 2.27. The largest absolute Gasteiger partial charge is 0.339 e. The van der Waals surface area contributed by atoms with Gasteiger partial charge >= 0.3 is 0 Å². The quantitative estimate of drug-likeness (QED) is 0.885. The molecule has 0 radical (unpaired) electrons. The summed E-state index contributed by atoms with van der Waals surface area (Å²) in [5.41, 5.74) is 0. The second-order valence-electron chi connectivity index (χ2n) is 3.66. The molecular formula is C10H9BrN4S. The molecule has 0 unspecified atom stereocenters. The molecule has 82 valence electrons. The van der Waals surface area contributed by atoms with Crippen LogP contribution in [0.15, 0.2) is 33.2 Å². The predicted molar refractivity (Wildman–Crippen MR) is 64.4 cm³/mol. The Labute approximate surface area is 105 Å². The van der Waals surface area contributed by atoms with Gasteiger partial charge in [-0.25, -0.2) is 15.0 Å². The Morgan fingerprint density at radius 3 is 2.94 bits per heavy atom. The summed E-state index contributed by atoms with van der Waals surface area (Å²) in [6.07, 6.45) is 5.96. The van der Waals surface area contributed by atoms with Gasteiger partial charge in [0.05, 0.1) is 0 Å². The van der Waals surface area contributed by atoms with Crippen molar-refractivity contribution in [2.45, 2.75) is 28.9 Å². The van der Waals surface area contributed by atoms with Gasteiger partial charge in [0, 0.05) is 24.4 Å². The Bertz CT molecular complexity index is 496. The Balaban J connectivity index is 1.88. The summed E-state index contributed by atoms with van der Waals surface area (Å²) in [5.74, 6) is 1.51. The van der Waals surface area contributed by atoms with Crippen molar-refractivity contribution in [2.75, 3.05) is 0 Å². The van der Waals surface area contributed by atoms with Crippen LogP contribution in [-0.4, -0.2) is 19.9 Å². The molecule has 0 aromatic carbocycles. The van der Waals surface area contributed by atoms with Crippen LogP contribution < -0.4 is 0 Å². The van der Waals surface area contributed by atoms with E-state index in [1.807, 2.05) is 6.07 Å². The first-order valence-corrected chi connectivity index (χ1v) is 6.64. The number of imidazole rings is 1. The maximum absolute atomic E-state index is 4.53. The van der Waals surface area contributed by atoms with Crippen LogP contribution in [0.3, 0.4) is 0 Å². The molecular weight excluding hydrogens is 288 g/mol. The van der Waals surface area contributed by atoms with Gasteiger partial charge in [0.15, 0.2) is 5.16 Å². The summed E-state index contributed by atoms with van der Waals surface area (Å²) in [5, 5.41) is 1.78. The van der Waals surface area contributed by atoms with Gasteiger partial charge in [0.25, 0.3) is 0 Å². The Hall–Kier alpha value is -0.880. The summed E-state index contributed by atoms with van der Waals surface area (Å²) in [7, 11) is 0. The number of hydrogen-bond donors (Lipinski definition) is 1. The molecule has 2 heterocycles. The zero-order chi connectivity index (χ0) is 11.0. The van der Waals surface area contributed by atoms with E-state index in [9.17, 15) is 0 Å². The van der Waals surface area contributed by atoms with Crippen molar-refractivity contribution < 1.29 is 0 Å². The molecule has 4 nitrogen and oxygen atoms in total. The topological polar surface area (TPSA) is 54.5 Å². The van der Waals surface area contributed by atoms with Crippen molar-refractivity contribution in [3.63, 3.8) is 0 Å². The molecule has 0 amide bonds. The van der Waals surface area contributed by atoms with E-state index in [0.717, 1.165) is 20.6 Å². The zero-order valence-corrected chi connectivity index (χ0v) is 10.8. The molecule has 2 aromatic rings. The molecule has 1 aliphatic rings. The minimum absolute atomic E-state index is 0.563. The van der Waals surface area contributed by atoms with Crippen molar-refractivity contribution in [2.24, 2.45) is 0 Å². The first kappa shape index (κ1) is 10.3. The van der Waals surface area contributed by atoms with E-state index in [1.165, 1.54) is 24.6 Å². The van der Waals surface area contributed by atoms with Crippen molar-refractivity contribution in [3.05, 3.63) is 28.9 Å². The van der Waals surface area contributed by atoms with Gasteiger partial charge < -0.3 is 4.98 Å². The van der Waals surface area contributed by atoms with Gasteiger partial charge in [0.1, 0.15) is 15.5 Å². The molecule has 1 fully saturated rings. The molecule has 1 aliphatic carbocycles. The van der Waals surface area contributed by atoms with Crippen LogP contribution in [0.5, 0.6) is 0 Å². The molecule has 1 saturated carbocycles. The van der Waals surface area contributed by atoms with Crippen molar-refractivity contribution >= 4 is 27.7 Å². The van der Waals surface area contributed by atoms with E-state index in [4.69, 9.17) is 0 Å². The normalized spacial score (nSPS) is 15.3. The third-order valence-corrected chi connectivity index (χ3v) is 3.55. The predicted octanol–water partition coefficient (Wildman–Crippen LogP) is 2.99. The lowest BCUT2D eigenvalue weighted by Gasteiger charge is -2.02. The van der Waals surface area contributed by atoms with Gasteiger partial charge in [-0.05, 0) is 40.5 Å². The van der Waals surface area contributed by atoms with E-state index >= 15 is 0 Å². The highest BCUT2D eigenvalue weighted by Crippen LogP contribution is 2.39. The van der Waals surface area contributed by atoms with E-state index in [2.05, 4.69) is 35.9 Å². The monoisotopic (exact) mass is 296 g/mol. The van der Waals surface area contributed by atoms with Crippen LogP contribution in [0.2, 0.25) is 0 Å². The highest BCUT2D eigenvalue weighted by atomic mass is 79.9. The fraction of sp³-hybridized carbons (Fsp3) is 0.300. The number of H-pyrrole nitrogens is 1. The Morgan fingerprint density at radius 2 is 2.25 bits per heavy atom. The number of nitrogens with zero attached hydrogens (tertiary/aromatic N) is 3. The highest BCUT2D eigenvalue weighted by molar-refractivity contribution is 9.10. The van der Waals surface area contributed by atoms with Crippen molar-refractivity contribution in [3.8, 4) is 0 Å². The summed E-state index contributed by atoms with van der Waals surface area (Å²) in [6.45, 7) is 0.